The minimum absolute atomic E-state index is 0.0744. The van der Waals surface area contributed by atoms with E-state index in [0.717, 1.165) is 32.6 Å². The first-order chi connectivity index (χ1) is 10.6. The van der Waals surface area contributed by atoms with E-state index in [2.05, 4.69) is 29.2 Å². The first kappa shape index (κ1) is 15.0. The second-order valence-corrected chi connectivity index (χ2v) is 6.48. The highest BCUT2D eigenvalue weighted by atomic mass is 16.2. The first-order valence-corrected chi connectivity index (χ1v) is 7.95. The van der Waals surface area contributed by atoms with Crippen LogP contribution in [-0.2, 0) is 16.1 Å². The molecule has 2 aliphatic rings. The Morgan fingerprint density at radius 3 is 2.68 bits per heavy atom. The molecule has 5 heteroatoms. The highest BCUT2D eigenvalue weighted by Crippen LogP contribution is 2.24. The van der Waals surface area contributed by atoms with Crippen LogP contribution in [0.15, 0.2) is 30.3 Å². The van der Waals surface area contributed by atoms with Gasteiger partial charge in [0.2, 0.25) is 11.8 Å². The molecule has 1 aromatic carbocycles. The third-order valence-electron chi connectivity index (χ3n) is 4.71. The molecule has 0 aromatic heterocycles. The molecular weight excluding hydrogens is 278 g/mol. The van der Waals surface area contributed by atoms with Crippen molar-refractivity contribution in [2.24, 2.45) is 17.6 Å². The van der Waals surface area contributed by atoms with E-state index in [1.54, 1.807) is 0 Å². The summed E-state index contributed by atoms with van der Waals surface area (Å²) in [4.78, 5) is 27.4. The lowest BCUT2D eigenvalue weighted by Gasteiger charge is -2.21. The maximum Gasteiger partial charge on any atom is 0.223 e. The number of amides is 2. The highest BCUT2D eigenvalue weighted by Gasteiger charge is 2.35. The van der Waals surface area contributed by atoms with Gasteiger partial charge in [-0.1, -0.05) is 30.3 Å². The zero-order valence-electron chi connectivity index (χ0n) is 12.8. The topological polar surface area (TPSA) is 66.6 Å². The Hall–Kier alpha value is -1.88. The second-order valence-electron chi connectivity index (χ2n) is 6.48. The molecule has 2 saturated heterocycles. The number of nitrogens with two attached hydrogens (primary N) is 1. The van der Waals surface area contributed by atoms with Crippen molar-refractivity contribution < 1.29 is 9.59 Å². The molecule has 2 N–H and O–H groups in total. The van der Waals surface area contributed by atoms with Gasteiger partial charge in [-0.25, -0.2) is 0 Å². The molecule has 2 heterocycles. The van der Waals surface area contributed by atoms with Gasteiger partial charge in [0.05, 0.1) is 5.92 Å². The summed E-state index contributed by atoms with van der Waals surface area (Å²) < 4.78 is 0. The minimum Gasteiger partial charge on any atom is -0.369 e. The van der Waals surface area contributed by atoms with Gasteiger partial charge in [0.15, 0.2) is 0 Å². The molecule has 0 spiro atoms. The minimum atomic E-state index is -0.354. The van der Waals surface area contributed by atoms with Crippen molar-refractivity contribution in [2.75, 3.05) is 26.2 Å². The standard InChI is InChI=1S/C17H23N3O2/c18-17(22)15-8-16(21)20(12-15)11-14-6-7-19(10-14)9-13-4-2-1-3-5-13/h1-5,14-15H,6-12H2,(H2,18,22). The predicted octanol–water partition coefficient (Wildman–Crippen LogP) is 0.842. The Labute approximate surface area is 131 Å². The van der Waals surface area contributed by atoms with Gasteiger partial charge in [0, 0.05) is 32.6 Å². The zero-order chi connectivity index (χ0) is 15.5. The monoisotopic (exact) mass is 301 g/mol. The first-order valence-electron chi connectivity index (χ1n) is 7.95. The van der Waals surface area contributed by atoms with Crippen molar-refractivity contribution >= 4 is 11.8 Å². The number of carbonyl (C=O) groups is 2. The highest BCUT2D eigenvalue weighted by molar-refractivity contribution is 5.88. The van der Waals surface area contributed by atoms with E-state index in [1.165, 1.54) is 5.56 Å². The number of rotatable bonds is 5. The number of carbonyl (C=O) groups excluding carboxylic acids is 2. The molecule has 2 amide bonds. The number of likely N-dealkylation sites (tertiary alicyclic amines) is 2. The molecule has 2 atom stereocenters. The van der Waals surface area contributed by atoms with E-state index >= 15 is 0 Å². The van der Waals surface area contributed by atoms with Crippen LogP contribution >= 0.6 is 0 Å². The van der Waals surface area contributed by atoms with E-state index in [1.807, 2.05) is 11.0 Å². The Morgan fingerprint density at radius 2 is 2.00 bits per heavy atom. The van der Waals surface area contributed by atoms with Gasteiger partial charge in [-0.15, -0.1) is 0 Å². The van der Waals surface area contributed by atoms with Gasteiger partial charge in [-0.05, 0) is 24.4 Å². The summed E-state index contributed by atoms with van der Waals surface area (Å²) in [6, 6.07) is 10.5. The second kappa shape index (κ2) is 6.48. The molecule has 5 nitrogen and oxygen atoms in total. The molecule has 118 valence electrons. The van der Waals surface area contributed by atoms with Crippen molar-refractivity contribution in [2.45, 2.75) is 19.4 Å². The van der Waals surface area contributed by atoms with Crippen LogP contribution in [0, 0.1) is 11.8 Å². The molecule has 0 bridgehead atoms. The van der Waals surface area contributed by atoms with E-state index in [4.69, 9.17) is 5.73 Å². The Bertz CT molecular complexity index is 546. The molecule has 2 aliphatic heterocycles. The van der Waals surface area contributed by atoms with Crippen LogP contribution < -0.4 is 5.73 Å². The molecule has 0 radical (unpaired) electrons. The van der Waals surface area contributed by atoms with Crippen LogP contribution in [0.2, 0.25) is 0 Å². The van der Waals surface area contributed by atoms with Crippen LogP contribution in [0.5, 0.6) is 0 Å². The Morgan fingerprint density at radius 1 is 1.23 bits per heavy atom. The predicted molar refractivity (Wildman–Crippen MR) is 83.7 cm³/mol. The van der Waals surface area contributed by atoms with Crippen molar-refractivity contribution in [3.8, 4) is 0 Å². The normalized spacial score (nSPS) is 25.8. The fourth-order valence-electron chi connectivity index (χ4n) is 3.50. The van der Waals surface area contributed by atoms with Gasteiger partial charge in [0.25, 0.3) is 0 Å². The lowest BCUT2D eigenvalue weighted by atomic mass is 10.1. The van der Waals surface area contributed by atoms with E-state index < -0.39 is 0 Å². The maximum atomic E-state index is 12.0. The lowest BCUT2D eigenvalue weighted by Crippen LogP contribution is -2.33. The molecule has 2 unspecified atom stereocenters. The molecule has 22 heavy (non-hydrogen) atoms. The zero-order valence-corrected chi connectivity index (χ0v) is 12.8. The average Bonchev–Trinajstić information content (AvgIpc) is 3.08. The van der Waals surface area contributed by atoms with Gasteiger partial charge in [-0.3, -0.25) is 14.5 Å². The summed E-state index contributed by atoms with van der Waals surface area (Å²) in [5.74, 6) is -0.0769. The smallest absolute Gasteiger partial charge is 0.223 e. The van der Waals surface area contributed by atoms with Gasteiger partial charge >= 0.3 is 0 Å². The van der Waals surface area contributed by atoms with Crippen LogP contribution in [0.25, 0.3) is 0 Å². The Balaban J connectivity index is 1.49. The summed E-state index contributed by atoms with van der Waals surface area (Å²) in [6.45, 7) is 4.31. The van der Waals surface area contributed by atoms with Crippen molar-refractivity contribution in [1.29, 1.82) is 0 Å². The molecule has 0 aliphatic carbocycles. The summed E-state index contributed by atoms with van der Waals surface area (Å²) in [5, 5.41) is 0. The maximum absolute atomic E-state index is 12.0. The molecule has 1 aromatic rings. The van der Waals surface area contributed by atoms with Gasteiger partial charge in [0.1, 0.15) is 0 Å². The van der Waals surface area contributed by atoms with Crippen LogP contribution in [0.4, 0.5) is 0 Å². The summed E-state index contributed by atoms with van der Waals surface area (Å²) in [7, 11) is 0. The van der Waals surface area contributed by atoms with Crippen LogP contribution in [0.3, 0.4) is 0 Å². The van der Waals surface area contributed by atoms with E-state index in [-0.39, 0.29) is 24.2 Å². The third-order valence-corrected chi connectivity index (χ3v) is 4.71. The fourth-order valence-corrected chi connectivity index (χ4v) is 3.50. The van der Waals surface area contributed by atoms with Crippen molar-refractivity contribution in [1.82, 2.24) is 9.80 Å². The summed E-state index contributed by atoms with van der Waals surface area (Å²) >= 11 is 0. The quantitative estimate of drug-likeness (QED) is 0.876. The van der Waals surface area contributed by atoms with E-state index in [0.29, 0.717) is 12.5 Å². The fraction of sp³-hybridized carbons (Fsp3) is 0.529. The summed E-state index contributed by atoms with van der Waals surface area (Å²) in [6.07, 6.45) is 1.40. The largest absolute Gasteiger partial charge is 0.369 e. The molecule has 3 rings (SSSR count). The number of hydrogen-bond donors (Lipinski definition) is 1. The number of nitrogens with zero attached hydrogens (tertiary/aromatic N) is 2. The molecule has 0 saturated carbocycles. The average molecular weight is 301 g/mol. The van der Waals surface area contributed by atoms with Gasteiger partial charge < -0.3 is 10.6 Å². The third kappa shape index (κ3) is 3.47. The number of benzene rings is 1. The van der Waals surface area contributed by atoms with Crippen molar-refractivity contribution in [3.05, 3.63) is 35.9 Å². The lowest BCUT2D eigenvalue weighted by molar-refractivity contribution is -0.128. The summed E-state index contributed by atoms with van der Waals surface area (Å²) in [5.41, 5.74) is 6.64. The van der Waals surface area contributed by atoms with Crippen LogP contribution in [-0.4, -0.2) is 47.8 Å². The number of hydrogen-bond acceptors (Lipinski definition) is 3. The van der Waals surface area contributed by atoms with Gasteiger partial charge in [-0.2, -0.15) is 0 Å². The Kier molecular flexibility index (Phi) is 4.43. The molecule has 2 fully saturated rings. The SMILES string of the molecule is NC(=O)C1CC(=O)N(CC2CCN(Cc3ccccc3)C2)C1. The van der Waals surface area contributed by atoms with Crippen molar-refractivity contribution in [3.63, 3.8) is 0 Å². The number of primary amides is 1. The van der Waals surface area contributed by atoms with Crippen LogP contribution in [0.1, 0.15) is 18.4 Å². The van der Waals surface area contributed by atoms with E-state index in [9.17, 15) is 9.59 Å². The molecular formula is C17H23N3O2.